The maximum absolute atomic E-state index is 13.1. The summed E-state index contributed by atoms with van der Waals surface area (Å²) in [5, 5.41) is 2.81. The molecule has 0 atom stereocenters. The average Bonchev–Trinajstić information content (AvgIpc) is 2.03. The molecule has 0 unspecified atom stereocenters. The zero-order chi connectivity index (χ0) is 9.14. The van der Waals surface area contributed by atoms with Gasteiger partial charge in [-0.1, -0.05) is 12.2 Å². The van der Waals surface area contributed by atoms with Crippen molar-refractivity contribution in [3.05, 3.63) is 29.6 Å². The van der Waals surface area contributed by atoms with Crippen LogP contribution in [0, 0.1) is 5.82 Å². The van der Waals surface area contributed by atoms with E-state index in [0.717, 1.165) is 0 Å². The first-order chi connectivity index (χ1) is 5.65. The first-order valence-electron chi connectivity index (χ1n) is 3.42. The molecular weight excluding hydrogens is 175 g/mol. The van der Waals surface area contributed by atoms with Gasteiger partial charge in [-0.25, -0.2) is 4.39 Å². The standard InChI is InChI=1S/C8H9FN2S/c1-11-5-2-3-6(8(10)12)7(9)4-5/h2-4,11H,1H3,(H2,10,12). The van der Waals surface area contributed by atoms with Gasteiger partial charge in [-0.05, 0) is 18.2 Å². The van der Waals surface area contributed by atoms with Gasteiger partial charge in [-0.2, -0.15) is 0 Å². The van der Waals surface area contributed by atoms with Crippen LogP contribution in [0.4, 0.5) is 10.1 Å². The molecule has 1 aromatic rings. The van der Waals surface area contributed by atoms with Crippen molar-refractivity contribution in [3.8, 4) is 0 Å². The van der Waals surface area contributed by atoms with Crippen molar-refractivity contribution in [2.45, 2.75) is 0 Å². The van der Waals surface area contributed by atoms with Crippen LogP contribution in [0.15, 0.2) is 18.2 Å². The number of hydrogen-bond acceptors (Lipinski definition) is 2. The fourth-order valence-electron chi connectivity index (χ4n) is 0.870. The smallest absolute Gasteiger partial charge is 0.135 e. The third-order valence-electron chi connectivity index (χ3n) is 1.52. The molecule has 0 aromatic heterocycles. The van der Waals surface area contributed by atoms with E-state index in [0.29, 0.717) is 5.69 Å². The van der Waals surface area contributed by atoms with Gasteiger partial charge < -0.3 is 11.1 Å². The third-order valence-corrected chi connectivity index (χ3v) is 1.74. The van der Waals surface area contributed by atoms with Crippen LogP contribution in [0.3, 0.4) is 0 Å². The number of thiocarbonyl (C=S) groups is 1. The van der Waals surface area contributed by atoms with Crippen molar-refractivity contribution in [3.63, 3.8) is 0 Å². The van der Waals surface area contributed by atoms with Gasteiger partial charge in [0, 0.05) is 18.3 Å². The first kappa shape index (κ1) is 8.93. The van der Waals surface area contributed by atoms with E-state index in [1.807, 2.05) is 0 Å². The maximum Gasteiger partial charge on any atom is 0.135 e. The number of hydrogen-bond donors (Lipinski definition) is 2. The lowest BCUT2D eigenvalue weighted by Gasteiger charge is -2.03. The summed E-state index contributed by atoms with van der Waals surface area (Å²) in [7, 11) is 1.72. The number of benzene rings is 1. The highest BCUT2D eigenvalue weighted by atomic mass is 32.1. The van der Waals surface area contributed by atoms with Crippen LogP contribution in [0.2, 0.25) is 0 Å². The monoisotopic (exact) mass is 184 g/mol. The molecule has 64 valence electrons. The van der Waals surface area contributed by atoms with Gasteiger partial charge in [0.1, 0.15) is 10.8 Å². The molecule has 0 spiro atoms. The Morgan fingerprint density at radius 2 is 2.25 bits per heavy atom. The molecule has 0 aliphatic rings. The molecule has 0 heterocycles. The number of anilines is 1. The second-order valence-corrected chi connectivity index (χ2v) is 2.75. The highest BCUT2D eigenvalue weighted by Gasteiger charge is 2.04. The quantitative estimate of drug-likeness (QED) is 0.684. The van der Waals surface area contributed by atoms with Crippen molar-refractivity contribution in [1.82, 2.24) is 0 Å². The van der Waals surface area contributed by atoms with Crippen LogP contribution in [0.25, 0.3) is 0 Å². The first-order valence-corrected chi connectivity index (χ1v) is 3.83. The second-order valence-electron chi connectivity index (χ2n) is 2.31. The van der Waals surface area contributed by atoms with Crippen molar-refractivity contribution in [1.29, 1.82) is 0 Å². The molecule has 0 saturated carbocycles. The van der Waals surface area contributed by atoms with Crippen molar-refractivity contribution >= 4 is 22.9 Å². The van der Waals surface area contributed by atoms with E-state index >= 15 is 0 Å². The molecule has 0 fully saturated rings. The van der Waals surface area contributed by atoms with E-state index < -0.39 is 5.82 Å². The molecule has 3 N–H and O–H groups in total. The summed E-state index contributed by atoms with van der Waals surface area (Å²) in [4.78, 5) is 0.0788. The van der Waals surface area contributed by atoms with Crippen molar-refractivity contribution in [2.24, 2.45) is 5.73 Å². The Morgan fingerprint density at radius 3 is 2.67 bits per heavy atom. The highest BCUT2D eigenvalue weighted by molar-refractivity contribution is 7.80. The molecule has 0 aliphatic heterocycles. The lowest BCUT2D eigenvalue weighted by molar-refractivity contribution is 0.626. The minimum absolute atomic E-state index is 0.0788. The number of halogens is 1. The van der Waals surface area contributed by atoms with E-state index in [4.69, 9.17) is 5.73 Å². The summed E-state index contributed by atoms with van der Waals surface area (Å²) in [6, 6.07) is 4.63. The fraction of sp³-hybridized carbons (Fsp3) is 0.125. The van der Waals surface area contributed by atoms with E-state index in [2.05, 4.69) is 17.5 Å². The molecule has 1 aromatic carbocycles. The summed E-state index contributed by atoms with van der Waals surface area (Å²) in [5.41, 5.74) is 6.26. The highest BCUT2D eigenvalue weighted by Crippen LogP contribution is 2.13. The molecule has 4 heteroatoms. The molecule has 0 bridgehead atoms. The minimum Gasteiger partial charge on any atom is -0.389 e. The third kappa shape index (κ3) is 1.71. The summed E-state index contributed by atoms with van der Waals surface area (Å²) < 4.78 is 13.1. The molecule has 1 rings (SSSR count). The molecule has 2 nitrogen and oxygen atoms in total. The van der Waals surface area contributed by atoms with Crippen molar-refractivity contribution in [2.75, 3.05) is 12.4 Å². The van der Waals surface area contributed by atoms with Gasteiger partial charge in [-0.3, -0.25) is 0 Å². The van der Waals surface area contributed by atoms with Gasteiger partial charge in [0.25, 0.3) is 0 Å². The molecule has 0 aliphatic carbocycles. The van der Waals surface area contributed by atoms with Gasteiger partial charge in [0.2, 0.25) is 0 Å². The zero-order valence-electron chi connectivity index (χ0n) is 6.60. The Bertz CT molecular complexity index is 312. The number of nitrogens with two attached hydrogens (primary N) is 1. The van der Waals surface area contributed by atoms with E-state index in [1.165, 1.54) is 6.07 Å². The van der Waals surface area contributed by atoms with E-state index in [1.54, 1.807) is 19.2 Å². The summed E-state index contributed by atoms with van der Waals surface area (Å²) in [5.74, 6) is -0.394. The van der Waals surface area contributed by atoms with Crippen LogP contribution in [0.1, 0.15) is 5.56 Å². The topological polar surface area (TPSA) is 38.0 Å². The van der Waals surface area contributed by atoms with Crippen LogP contribution >= 0.6 is 12.2 Å². The second kappa shape index (κ2) is 3.49. The van der Waals surface area contributed by atoms with Crippen LogP contribution in [0.5, 0.6) is 0 Å². The normalized spacial score (nSPS) is 9.50. The fourth-order valence-corrected chi connectivity index (χ4v) is 1.04. The van der Waals surface area contributed by atoms with Crippen LogP contribution < -0.4 is 11.1 Å². The predicted octanol–water partition coefficient (Wildman–Crippen LogP) is 1.50. The summed E-state index contributed by atoms with van der Waals surface area (Å²) >= 11 is 4.65. The largest absolute Gasteiger partial charge is 0.389 e. The van der Waals surface area contributed by atoms with Crippen LogP contribution in [-0.4, -0.2) is 12.0 Å². The minimum atomic E-state index is -0.394. The van der Waals surface area contributed by atoms with Gasteiger partial charge in [-0.15, -0.1) is 0 Å². The zero-order valence-corrected chi connectivity index (χ0v) is 7.41. The molecule has 0 amide bonds. The Balaban J connectivity index is 3.12. The van der Waals surface area contributed by atoms with E-state index in [-0.39, 0.29) is 10.6 Å². The van der Waals surface area contributed by atoms with E-state index in [9.17, 15) is 4.39 Å². The Kier molecular flexibility index (Phi) is 2.60. The Hall–Kier alpha value is -1.16. The number of nitrogens with one attached hydrogen (secondary N) is 1. The lowest BCUT2D eigenvalue weighted by Crippen LogP contribution is -2.11. The van der Waals surface area contributed by atoms with Crippen LogP contribution in [-0.2, 0) is 0 Å². The van der Waals surface area contributed by atoms with Gasteiger partial charge in [0.05, 0.1) is 0 Å². The summed E-state index contributed by atoms with van der Waals surface area (Å²) in [6.45, 7) is 0. The maximum atomic E-state index is 13.1. The van der Waals surface area contributed by atoms with Crippen molar-refractivity contribution < 1.29 is 4.39 Å². The molecule has 0 radical (unpaired) electrons. The molecule has 0 saturated heterocycles. The average molecular weight is 184 g/mol. The Morgan fingerprint density at radius 1 is 1.58 bits per heavy atom. The Labute approximate surface area is 75.6 Å². The molecular formula is C8H9FN2S. The van der Waals surface area contributed by atoms with Gasteiger partial charge >= 0.3 is 0 Å². The predicted molar refractivity (Wildman–Crippen MR) is 51.8 cm³/mol. The van der Waals surface area contributed by atoms with Gasteiger partial charge in [0.15, 0.2) is 0 Å². The SMILES string of the molecule is CNc1ccc(C(N)=S)c(F)c1. The number of rotatable bonds is 2. The summed E-state index contributed by atoms with van der Waals surface area (Å²) in [6.07, 6.45) is 0. The lowest BCUT2D eigenvalue weighted by atomic mass is 10.2. The molecule has 12 heavy (non-hydrogen) atoms.